The number of ether oxygens (including phenoxy) is 3. The van der Waals surface area contributed by atoms with Crippen molar-refractivity contribution in [1.29, 1.82) is 0 Å². The van der Waals surface area contributed by atoms with E-state index in [0.29, 0.717) is 17.9 Å². The molecule has 0 aromatic heterocycles. The van der Waals surface area contributed by atoms with Crippen molar-refractivity contribution in [2.75, 3.05) is 19.6 Å². The molecule has 10 heteroatoms. The Balaban J connectivity index is 1.65. The minimum absolute atomic E-state index is 0.146. The number of hydrogen-bond acceptors (Lipinski definition) is 7. The third kappa shape index (κ3) is 11.5. The Bertz CT molecular complexity index is 1700. The number of phenolic OH excluding ortho intramolecular Hbond substituents is 1. The molecule has 0 fully saturated rings. The lowest BCUT2D eigenvalue weighted by Gasteiger charge is -2.29. The largest absolute Gasteiger partial charge is 0.508 e. The number of rotatable bonds is 18. The second-order valence-electron chi connectivity index (χ2n) is 13.0. The van der Waals surface area contributed by atoms with Gasteiger partial charge in [-0.3, -0.25) is 14.2 Å². The van der Waals surface area contributed by atoms with Gasteiger partial charge in [0.1, 0.15) is 23.6 Å². The molecule has 4 aromatic rings. The minimum Gasteiger partial charge on any atom is -0.508 e. The van der Waals surface area contributed by atoms with Crippen LogP contribution in [0.15, 0.2) is 91.0 Å². The second kappa shape index (κ2) is 18.7. The summed E-state index contributed by atoms with van der Waals surface area (Å²) < 4.78 is 32.1. The Morgan fingerprint density at radius 2 is 1.22 bits per heavy atom. The topological polar surface area (TPSA) is 123 Å². The third-order valence-corrected chi connectivity index (χ3v) is 10.6. The summed E-state index contributed by atoms with van der Waals surface area (Å²) in [5.41, 5.74) is 6.78. The summed E-state index contributed by atoms with van der Waals surface area (Å²) in [6.07, 6.45) is 0.713. The molecule has 3 N–H and O–H groups in total. The van der Waals surface area contributed by atoms with Crippen molar-refractivity contribution in [2.24, 2.45) is 0 Å². The maximum atomic E-state index is 15.0. The molecule has 0 heterocycles. The molecule has 9 nitrogen and oxygen atoms in total. The van der Waals surface area contributed by atoms with Gasteiger partial charge >= 0.3 is 11.9 Å². The van der Waals surface area contributed by atoms with Gasteiger partial charge in [0.05, 0.1) is 13.2 Å². The van der Waals surface area contributed by atoms with E-state index in [-0.39, 0.29) is 38.3 Å². The van der Waals surface area contributed by atoms with Crippen molar-refractivity contribution in [3.8, 4) is 11.5 Å². The molecule has 272 valence electrons. The molecule has 0 aliphatic heterocycles. The zero-order valence-electron chi connectivity index (χ0n) is 30.5. The Morgan fingerprint density at radius 3 is 1.67 bits per heavy atom. The number of hydrogen-bond donors (Lipinski definition) is 3. The maximum Gasteiger partial charge on any atom is 0.323 e. The predicted molar refractivity (Wildman–Crippen MR) is 201 cm³/mol. The number of aryl methyl sites for hydroxylation is 2. The molecular weight excluding hydrogens is 663 g/mol. The van der Waals surface area contributed by atoms with Crippen molar-refractivity contribution >= 4 is 19.4 Å². The summed E-state index contributed by atoms with van der Waals surface area (Å²) in [6, 6.07) is 26.3. The van der Waals surface area contributed by atoms with Crippen LogP contribution in [0, 0.1) is 13.8 Å². The average Bonchev–Trinajstić information content (AvgIpc) is 3.10. The van der Waals surface area contributed by atoms with Gasteiger partial charge in [-0.25, -0.2) is 10.2 Å². The summed E-state index contributed by atoms with van der Waals surface area (Å²) >= 11 is 0. The molecule has 0 aliphatic rings. The van der Waals surface area contributed by atoms with Crippen LogP contribution in [-0.2, 0) is 42.9 Å². The minimum atomic E-state index is -3.89. The highest BCUT2D eigenvalue weighted by atomic mass is 31.2. The van der Waals surface area contributed by atoms with Gasteiger partial charge in [-0.2, -0.15) is 0 Å². The summed E-state index contributed by atoms with van der Waals surface area (Å²) in [5.74, 6) is -0.152. The van der Waals surface area contributed by atoms with Crippen LogP contribution >= 0.6 is 7.44 Å². The van der Waals surface area contributed by atoms with Crippen LogP contribution in [0.5, 0.6) is 11.5 Å². The number of esters is 2. The van der Waals surface area contributed by atoms with Crippen LogP contribution in [0.25, 0.3) is 0 Å². The van der Waals surface area contributed by atoms with Gasteiger partial charge in [0.15, 0.2) is 6.35 Å². The maximum absolute atomic E-state index is 15.0. The third-order valence-electron chi connectivity index (χ3n) is 8.61. The van der Waals surface area contributed by atoms with E-state index in [2.05, 4.69) is 24.0 Å². The van der Waals surface area contributed by atoms with Gasteiger partial charge in [-0.15, -0.1) is 0 Å². The van der Waals surface area contributed by atoms with Crippen molar-refractivity contribution in [1.82, 2.24) is 10.2 Å². The summed E-state index contributed by atoms with van der Waals surface area (Å²) in [5, 5.41) is 16.4. The Kier molecular flexibility index (Phi) is 14.4. The molecule has 3 atom stereocenters. The number of phenols is 1. The average molecular weight is 715 g/mol. The molecule has 0 saturated heterocycles. The van der Waals surface area contributed by atoms with Crippen molar-refractivity contribution in [2.45, 2.75) is 78.8 Å². The van der Waals surface area contributed by atoms with E-state index >= 15 is 4.57 Å². The summed E-state index contributed by atoms with van der Waals surface area (Å²) in [7, 11) is -3.89. The first-order chi connectivity index (χ1) is 24.4. The SMILES string of the molecule is CCOC(=O)[C@H](Cc1ccccc1)NP(=O)(COc1cc(C)c(Cc2ccc(O)c(C(C)C)c2)c(C)c1)N[C@H](Cc1ccccc1)C(=O)OCC. The Morgan fingerprint density at radius 1 is 0.725 bits per heavy atom. The molecule has 0 aliphatic carbocycles. The molecule has 51 heavy (non-hydrogen) atoms. The van der Waals surface area contributed by atoms with Crippen molar-refractivity contribution in [3.63, 3.8) is 0 Å². The number of benzene rings is 4. The Labute approximate surface area is 302 Å². The highest BCUT2D eigenvalue weighted by Gasteiger charge is 2.36. The van der Waals surface area contributed by atoms with Gasteiger partial charge in [-0.1, -0.05) is 86.6 Å². The van der Waals surface area contributed by atoms with Gasteiger partial charge in [0.2, 0.25) is 7.44 Å². The van der Waals surface area contributed by atoms with Crippen LogP contribution < -0.4 is 14.9 Å². The Hall–Kier alpha value is -4.43. The van der Waals surface area contributed by atoms with Crippen LogP contribution in [0.1, 0.15) is 72.6 Å². The van der Waals surface area contributed by atoms with Crippen LogP contribution in [0.2, 0.25) is 0 Å². The van der Waals surface area contributed by atoms with Crippen LogP contribution in [0.4, 0.5) is 0 Å². The first-order valence-corrected chi connectivity index (χ1v) is 19.4. The molecule has 4 aromatic carbocycles. The van der Waals surface area contributed by atoms with Crippen LogP contribution in [0.3, 0.4) is 0 Å². The first-order valence-electron chi connectivity index (χ1n) is 17.5. The molecule has 0 bridgehead atoms. The summed E-state index contributed by atoms with van der Waals surface area (Å²) in [6.45, 7) is 11.8. The zero-order valence-corrected chi connectivity index (χ0v) is 31.4. The molecule has 0 saturated carbocycles. The highest BCUT2D eigenvalue weighted by molar-refractivity contribution is 7.59. The second-order valence-corrected chi connectivity index (χ2v) is 15.3. The monoisotopic (exact) mass is 714 g/mol. The van der Waals surface area contributed by atoms with E-state index in [1.165, 1.54) is 0 Å². The normalized spacial score (nSPS) is 13.6. The highest BCUT2D eigenvalue weighted by Crippen LogP contribution is 2.40. The smallest absolute Gasteiger partial charge is 0.323 e. The quantitative estimate of drug-likeness (QED) is 0.0701. The molecule has 1 unspecified atom stereocenters. The number of carbonyl (C=O) groups is 2. The van der Waals surface area contributed by atoms with Gasteiger partial charge in [0, 0.05) is 0 Å². The predicted octanol–water partition coefficient (Wildman–Crippen LogP) is 7.78. The lowest BCUT2D eigenvalue weighted by molar-refractivity contribution is -0.145. The van der Waals surface area contributed by atoms with Gasteiger partial charge < -0.3 is 19.3 Å². The molecule has 0 spiro atoms. The number of nitrogens with one attached hydrogen (secondary N) is 2. The van der Waals surface area contributed by atoms with E-state index in [0.717, 1.165) is 38.9 Å². The lowest BCUT2D eigenvalue weighted by atomic mass is 9.93. The van der Waals surface area contributed by atoms with Crippen LogP contribution in [-0.4, -0.2) is 48.7 Å². The van der Waals surface area contributed by atoms with Gasteiger partial charge in [-0.05, 0) is 110 Å². The standard InChI is InChI=1S/C41H51N2O7P/c1-7-48-40(45)37(25-31-15-11-9-12-16-31)42-51(47,43-38(41(46)49-8-2)26-32-17-13-10-14-18-32)27-50-34-21-29(5)36(30(6)22-34)24-33-19-20-39(44)35(23-33)28(3)4/h9-23,28,37-38,44H,7-8,24-27H2,1-6H3,(H2,42,43,47)/t37-,38+,51?. The number of aromatic hydroxyl groups is 1. The fourth-order valence-electron chi connectivity index (χ4n) is 6.03. The fraction of sp³-hybridized carbons (Fsp3) is 0.366. The molecular formula is C41H51N2O7P. The van der Waals surface area contributed by atoms with E-state index in [9.17, 15) is 14.7 Å². The lowest BCUT2D eigenvalue weighted by Crippen LogP contribution is -2.46. The first kappa shape index (κ1) is 39.4. The summed E-state index contributed by atoms with van der Waals surface area (Å²) in [4.78, 5) is 26.6. The van der Waals surface area contributed by atoms with Crippen molar-refractivity contribution in [3.05, 3.63) is 130 Å². The molecule has 0 amide bonds. The molecule has 0 radical (unpaired) electrons. The van der Waals surface area contributed by atoms with E-state index in [1.54, 1.807) is 19.9 Å². The van der Waals surface area contributed by atoms with Gasteiger partial charge in [0.25, 0.3) is 0 Å². The van der Waals surface area contributed by atoms with E-state index in [4.69, 9.17) is 14.2 Å². The van der Waals surface area contributed by atoms with E-state index in [1.807, 2.05) is 98.8 Å². The van der Waals surface area contributed by atoms with E-state index < -0.39 is 31.5 Å². The zero-order chi connectivity index (χ0) is 37.0. The fourth-order valence-corrected chi connectivity index (χ4v) is 7.98. The number of carbonyl (C=O) groups excluding carboxylic acids is 2. The van der Waals surface area contributed by atoms with Crippen molar-refractivity contribution < 1.29 is 33.5 Å². The molecule has 4 rings (SSSR count).